The summed E-state index contributed by atoms with van der Waals surface area (Å²) in [7, 11) is 0. The molecule has 1 aromatic heterocycles. The van der Waals surface area contributed by atoms with Crippen LogP contribution in [0.2, 0.25) is 0 Å². The predicted molar refractivity (Wildman–Crippen MR) is 88.0 cm³/mol. The number of hydrogen-bond acceptors (Lipinski definition) is 5. The third-order valence-corrected chi connectivity index (χ3v) is 3.50. The molecule has 0 fully saturated rings. The first-order chi connectivity index (χ1) is 11.2. The number of nitro benzene ring substituents is 1. The van der Waals surface area contributed by atoms with E-state index >= 15 is 0 Å². The van der Waals surface area contributed by atoms with Crippen molar-refractivity contribution >= 4 is 11.8 Å². The van der Waals surface area contributed by atoms with E-state index in [0.717, 1.165) is 11.1 Å². The van der Waals surface area contributed by atoms with Crippen LogP contribution in [0, 0.1) is 10.1 Å². The minimum Gasteiger partial charge on any atom is -0.442 e. The Labute approximate surface area is 138 Å². The number of H-pyrrole nitrogens is 1. The number of rotatable bonds is 5. The Hall–Kier alpha value is -2.90. The van der Waals surface area contributed by atoms with Crippen molar-refractivity contribution in [1.29, 1.82) is 0 Å². The highest BCUT2D eigenvalue weighted by Crippen LogP contribution is 2.23. The van der Waals surface area contributed by atoms with Crippen LogP contribution >= 0.6 is 0 Å². The van der Waals surface area contributed by atoms with Crippen molar-refractivity contribution in [3.8, 4) is 11.3 Å². The predicted octanol–water partition coefficient (Wildman–Crippen LogP) is 3.32. The maximum atomic E-state index is 12.4. The van der Waals surface area contributed by atoms with Gasteiger partial charge in [-0.05, 0) is 32.4 Å². The van der Waals surface area contributed by atoms with Gasteiger partial charge in [-0.25, -0.2) is 4.79 Å². The summed E-state index contributed by atoms with van der Waals surface area (Å²) in [5.74, 6) is 0. The second-order valence-electron chi connectivity index (χ2n) is 6.02. The number of nitro groups is 1. The highest BCUT2D eigenvalue weighted by Gasteiger charge is 2.25. The number of aromatic nitrogens is 2. The number of benzene rings is 1. The zero-order valence-corrected chi connectivity index (χ0v) is 13.7. The van der Waals surface area contributed by atoms with Gasteiger partial charge in [-0.2, -0.15) is 4.68 Å². The maximum Gasteiger partial charge on any atom is 0.434 e. The Morgan fingerprint density at radius 3 is 2.50 bits per heavy atom. The first kappa shape index (κ1) is 17.5. The van der Waals surface area contributed by atoms with Gasteiger partial charge >= 0.3 is 6.09 Å². The molecule has 1 heterocycles. The van der Waals surface area contributed by atoms with Crippen LogP contribution in [-0.2, 0) is 4.74 Å². The van der Waals surface area contributed by atoms with Gasteiger partial charge in [-0.1, -0.05) is 13.3 Å². The molecule has 8 heteroatoms. The molecule has 0 saturated carbocycles. The Bertz CT molecular complexity index is 802. The lowest BCUT2D eigenvalue weighted by Crippen LogP contribution is -2.31. The van der Waals surface area contributed by atoms with Gasteiger partial charge in [0.2, 0.25) is 0 Å². The maximum absolute atomic E-state index is 12.4. The van der Waals surface area contributed by atoms with E-state index in [4.69, 9.17) is 4.74 Å². The first-order valence-electron chi connectivity index (χ1n) is 7.54. The number of ether oxygens (including phenoxy) is 1. The van der Waals surface area contributed by atoms with Crippen LogP contribution in [0.3, 0.4) is 0 Å². The van der Waals surface area contributed by atoms with E-state index < -0.39 is 22.2 Å². The van der Waals surface area contributed by atoms with Gasteiger partial charge in [0.15, 0.2) is 0 Å². The molecule has 0 atom stereocenters. The minimum atomic E-state index is -0.705. The molecule has 2 aromatic rings. The van der Waals surface area contributed by atoms with E-state index in [0.29, 0.717) is 12.0 Å². The quantitative estimate of drug-likeness (QED) is 0.667. The second-order valence-corrected chi connectivity index (χ2v) is 6.02. The van der Waals surface area contributed by atoms with Crippen LogP contribution in [0.15, 0.2) is 35.1 Å². The van der Waals surface area contributed by atoms with Gasteiger partial charge in [0.25, 0.3) is 11.2 Å². The molecule has 0 bridgehead atoms. The number of aromatic amines is 1. The van der Waals surface area contributed by atoms with Crippen molar-refractivity contribution in [2.24, 2.45) is 0 Å². The van der Waals surface area contributed by atoms with Gasteiger partial charge in [-0.3, -0.25) is 20.0 Å². The van der Waals surface area contributed by atoms with Gasteiger partial charge in [0, 0.05) is 23.8 Å². The molecule has 0 saturated heterocycles. The van der Waals surface area contributed by atoms with Gasteiger partial charge in [-0.15, -0.1) is 0 Å². The number of hydrogen-bond donors (Lipinski definition) is 1. The van der Waals surface area contributed by atoms with Crippen molar-refractivity contribution < 1.29 is 14.5 Å². The minimum absolute atomic E-state index is 0.0742. The van der Waals surface area contributed by atoms with E-state index in [1.54, 1.807) is 13.8 Å². The third kappa shape index (κ3) is 3.89. The van der Waals surface area contributed by atoms with Crippen molar-refractivity contribution in [2.75, 3.05) is 0 Å². The van der Waals surface area contributed by atoms with E-state index in [2.05, 4.69) is 5.10 Å². The number of non-ortho nitro benzene ring substituents is 1. The van der Waals surface area contributed by atoms with Crippen LogP contribution in [0.1, 0.15) is 33.6 Å². The summed E-state index contributed by atoms with van der Waals surface area (Å²) in [4.78, 5) is 34.2. The highest BCUT2D eigenvalue weighted by atomic mass is 16.6. The van der Waals surface area contributed by atoms with Crippen molar-refractivity contribution in [3.05, 3.63) is 50.8 Å². The molecule has 2 rings (SSSR count). The fourth-order valence-electron chi connectivity index (χ4n) is 2.44. The fourth-order valence-corrected chi connectivity index (χ4v) is 2.44. The summed E-state index contributed by atoms with van der Waals surface area (Å²) in [5, 5.41) is 13.1. The molecule has 128 valence electrons. The van der Waals surface area contributed by atoms with Gasteiger partial charge < -0.3 is 4.74 Å². The average Bonchev–Trinajstić information content (AvgIpc) is 2.89. The zero-order valence-electron chi connectivity index (χ0n) is 13.7. The highest BCUT2D eigenvalue weighted by molar-refractivity contribution is 5.77. The molecule has 0 amide bonds. The molecule has 1 N–H and O–H groups in total. The van der Waals surface area contributed by atoms with Crippen LogP contribution in [-0.4, -0.2) is 26.4 Å². The Morgan fingerprint density at radius 1 is 1.33 bits per heavy atom. The van der Waals surface area contributed by atoms with Crippen LogP contribution in [0.4, 0.5) is 10.5 Å². The van der Waals surface area contributed by atoms with E-state index in [1.807, 2.05) is 6.92 Å². The molecule has 0 unspecified atom stereocenters. The fraction of sp³-hybridized carbons (Fsp3) is 0.375. The molecule has 0 radical (unpaired) electrons. The summed E-state index contributed by atoms with van der Waals surface area (Å²) in [6.45, 7) is 5.57. The molecule has 1 aromatic carbocycles. The number of carbonyl (C=O) groups excluding carboxylic acids is 1. The lowest BCUT2D eigenvalue weighted by Gasteiger charge is -2.24. The standard InChI is InChI=1S/C16H19N3O5/c1-4-9-16(2,3)24-15(21)18-13(10-14(20)17-18)11-5-7-12(8-6-11)19(22)23/h5-8,10H,4,9H2,1-3H3,(H,17,20). The average molecular weight is 333 g/mol. The Morgan fingerprint density at radius 2 is 1.96 bits per heavy atom. The van der Waals surface area contributed by atoms with Gasteiger partial charge in [0.1, 0.15) is 5.60 Å². The number of nitrogens with zero attached hydrogens (tertiary/aromatic N) is 2. The lowest BCUT2D eigenvalue weighted by molar-refractivity contribution is -0.384. The van der Waals surface area contributed by atoms with Crippen LogP contribution < -0.4 is 5.56 Å². The Balaban J connectivity index is 2.35. The number of carbonyl (C=O) groups is 1. The molecular formula is C16H19N3O5. The summed E-state index contributed by atoms with van der Waals surface area (Å²) < 4.78 is 6.46. The second kappa shape index (κ2) is 6.69. The van der Waals surface area contributed by atoms with E-state index in [9.17, 15) is 19.7 Å². The molecule has 0 aliphatic heterocycles. The topological polar surface area (TPSA) is 107 Å². The van der Waals surface area contributed by atoms with Crippen LogP contribution in [0.25, 0.3) is 11.3 Å². The zero-order chi connectivity index (χ0) is 17.9. The molecule has 24 heavy (non-hydrogen) atoms. The summed E-state index contributed by atoms with van der Waals surface area (Å²) >= 11 is 0. The summed E-state index contributed by atoms with van der Waals surface area (Å²) in [6, 6.07) is 6.81. The molecular weight excluding hydrogens is 314 g/mol. The SMILES string of the molecule is CCCC(C)(C)OC(=O)n1[nH]c(=O)cc1-c1ccc([N+](=O)[O-])cc1. The van der Waals surface area contributed by atoms with Crippen molar-refractivity contribution in [3.63, 3.8) is 0 Å². The largest absolute Gasteiger partial charge is 0.442 e. The van der Waals surface area contributed by atoms with E-state index in [-0.39, 0.29) is 11.4 Å². The molecule has 0 aliphatic carbocycles. The molecule has 0 aliphatic rings. The van der Waals surface area contributed by atoms with Gasteiger partial charge in [0.05, 0.1) is 10.6 Å². The summed E-state index contributed by atoms with van der Waals surface area (Å²) in [6.07, 6.45) is 0.818. The first-order valence-corrected chi connectivity index (χ1v) is 7.54. The molecule has 8 nitrogen and oxygen atoms in total. The Kier molecular flexibility index (Phi) is 4.87. The monoisotopic (exact) mass is 333 g/mol. The molecule has 0 spiro atoms. The van der Waals surface area contributed by atoms with Crippen LogP contribution in [0.5, 0.6) is 0 Å². The summed E-state index contributed by atoms with van der Waals surface area (Å²) in [5.41, 5.74) is -0.431. The normalized spacial score (nSPS) is 11.3. The number of nitrogens with one attached hydrogen (secondary N) is 1. The van der Waals surface area contributed by atoms with E-state index in [1.165, 1.54) is 30.3 Å². The van der Waals surface area contributed by atoms with Crippen molar-refractivity contribution in [1.82, 2.24) is 9.78 Å². The van der Waals surface area contributed by atoms with Crippen molar-refractivity contribution in [2.45, 2.75) is 39.2 Å². The smallest absolute Gasteiger partial charge is 0.434 e. The lowest BCUT2D eigenvalue weighted by atomic mass is 10.0. The third-order valence-electron chi connectivity index (χ3n) is 3.50.